The lowest BCUT2D eigenvalue weighted by atomic mass is 10.1. The van der Waals surface area contributed by atoms with Gasteiger partial charge in [0.05, 0.1) is 16.8 Å². The molecule has 0 aliphatic carbocycles. The second-order valence-corrected chi connectivity index (χ2v) is 6.33. The summed E-state index contributed by atoms with van der Waals surface area (Å²) in [6.45, 7) is 1.60. The van der Waals surface area contributed by atoms with Gasteiger partial charge in [-0.25, -0.2) is 4.98 Å². The van der Waals surface area contributed by atoms with Gasteiger partial charge in [-0.2, -0.15) is 0 Å². The number of primary amides is 1. The molecule has 1 unspecified atom stereocenters. The molecule has 0 saturated carbocycles. The van der Waals surface area contributed by atoms with Crippen LogP contribution in [0.15, 0.2) is 42.5 Å². The van der Waals surface area contributed by atoms with Gasteiger partial charge in [0.2, 0.25) is 5.91 Å². The minimum atomic E-state index is -0.790. The van der Waals surface area contributed by atoms with Gasteiger partial charge >= 0.3 is 0 Å². The molecule has 0 aliphatic rings. The molecule has 3 aromatic rings. The third-order valence-electron chi connectivity index (χ3n) is 3.62. The van der Waals surface area contributed by atoms with E-state index in [1.807, 2.05) is 43.3 Å². The van der Waals surface area contributed by atoms with Crippen molar-refractivity contribution < 1.29 is 9.90 Å². The van der Waals surface area contributed by atoms with E-state index < -0.39 is 11.9 Å². The maximum absolute atomic E-state index is 11.2. The van der Waals surface area contributed by atoms with Gasteiger partial charge in [0.1, 0.15) is 11.0 Å². The molecule has 0 saturated heterocycles. The van der Waals surface area contributed by atoms with Gasteiger partial charge in [-0.1, -0.05) is 12.1 Å². The number of benzene rings is 2. The van der Waals surface area contributed by atoms with Crippen LogP contribution < -0.4 is 11.1 Å². The SMILES string of the molecule is Cc1cc(-c2nc3ccccc3s2)ccc1NC(CO)C(N)=O. The highest BCUT2D eigenvalue weighted by Gasteiger charge is 2.15. The van der Waals surface area contributed by atoms with Gasteiger partial charge in [-0.05, 0) is 42.8 Å². The molecule has 3 rings (SSSR count). The van der Waals surface area contributed by atoms with E-state index in [0.29, 0.717) is 0 Å². The van der Waals surface area contributed by atoms with Crippen molar-refractivity contribution in [2.75, 3.05) is 11.9 Å². The predicted molar refractivity (Wildman–Crippen MR) is 93.5 cm³/mol. The quantitative estimate of drug-likeness (QED) is 0.672. The first-order valence-electron chi connectivity index (χ1n) is 7.22. The van der Waals surface area contributed by atoms with Crippen molar-refractivity contribution in [2.45, 2.75) is 13.0 Å². The summed E-state index contributed by atoms with van der Waals surface area (Å²) in [4.78, 5) is 15.9. The first-order chi connectivity index (χ1) is 11.1. The number of aliphatic hydroxyl groups is 1. The van der Waals surface area contributed by atoms with Crippen LogP contribution in [0.4, 0.5) is 5.69 Å². The van der Waals surface area contributed by atoms with Crippen molar-refractivity contribution in [2.24, 2.45) is 5.73 Å². The van der Waals surface area contributed by atoms with Gasteiger partial charge in [-0.3, -0.25) is 4.79 Å². The number of aryl methyl sites for hydroxylation is 1. The molecule has 6 heteroatoms. The molecule has 118 valence electrons. The largest absolute Gasteiger partial charge is 0.394 e. The van der Waals surface area contributed by atoms with Gasteiger partial charge < -0.3 is 16.2 Å². The van der Waals surface area contributed by atoms with Crippen LogP contribution in [-0.2, 0) is 4.79 Å². The number of carbonyl (C=O) groups excluding carboxylic acids is 1. The molecule has 0 spiro atoms. The second kappa shape index (κ2) is 6.36. The van der Waals surface area contributed by atoms with Crippen LogP contribution in [0, 0.1) is 6.92 Å². The Hall–Kier alpha value is -2.44. The number of carbonyl (C=O) groups is 1. The highest BCUT2D eigenvalue weighted by Crippen LogP contribution is 2.32. The summed E-state index contributed by atoms with van der Waals surface area (Å²) < 4.78 is 1.15. The van der Waals surface area contributed by atoms with E-state index in [1.165, 1.54) is 0 Å². The zero-order valence-electron chi connectivity index (χ0n) is 12.6. The summed E-state index contributed by atoms with van der Waals surface area (Å²) in [7, 11) is 0. The van der Waals surface area contributed by atoms with Gasteiger partial charge in [-0.15, -0.1) is 11.3 Å². The molecule has 0 fully saturated rings. The van der Waals surface area contributed by atoms with Crippen LogP contribution >= 0.6 is 11.3 Å². The van der Waals surface area contributed by atoms with Crippen LogP contribution in [0.1, 0.15) is 5.56 Å². The topological polar surface area (TPSA) is 88.2 Å². The summed E-state index contributed by atoms with van der Waals surface area (Å²) in [5.74, 6) is -0.581. The van der Waals surface area contributed by atoms with Crippen molar-refractivity contribution in [1.29, 1.82) is 0 Å². The monoisotopic (exact) mass is 327 g/mol. The van der Waals surface area contributed by atoms with Crippen molar-refractivity contribution in [3.8, 4) is 10.6 Å². The zero-order chi connectivity index (χ0) is 16.4. The molecular formula is C17H17N3O2S. The van der Waals surface area contributed by atoms with Crippen LogP contribution in [0.5, 0.6) is 0 Å². The minimum Gasteiger partial charge on any atom is -0.394 e. The number of aromatic nitrogens is 1. The molecule has 0 aliphatic heterocycles. The Bertz CT molecular complexity index is 827. The van der Waals surface area contributed by atoms with Crippen molar-refractivity contribution in [3.05, 3.63) is 48.0 Å². The first-order valence-corrected chi connectivity index (χ1v) is 8.03. The van der Waals surface area contributed by atoms with Crippen molar-refractivity contribution in [1.82, 2.24) is 4.98 Å². The number of aliphatic hydroxyl groups excluding tert-OH is 1. The van der Waals surface area contributed by atoms with E-state index >= 15 is 0 Å². The number of anilines is 1. The Morgan fingerprint density at radius 2 is 2.13 bits per heavy atom. The number of hydrogen-bond donors (Lipinski definition) is 3. The number of nitrogens with two attached hydrogens (primary N) is 1. The number of nitrogens with zero attached hydrogens (tertiary/aromatic N) is 1. The van der Waals surface area contributed by atoms with Crippen LogP contribution in [0.3, 0.4) is 0 Å². The van der Waals surface area contributed by atoms with Crippen molar-refractivity contribution >= 4 is 33.1 Å². The van der Waals surface area contributed by atoms with E-state index in [1.54, 1.807) is 11.3 Å². The highest BCUT2D eigenvalue weighted by atomic mass is 32.1. The summed E-state index contributed by atoms with van der Waals surface area (Å²) in [6.07, 6.45) is 0. The third-order valence-corrected chi connectivity index (χ3v) is 4.71. The first kappa shape index (κ1) is 15.5. The summed E-state index contributed by atoms with van der Waals surface area (Å²) in [5.41, 5.74) is 8.98. The Morgan fingerprint density at radius 1 is 1.35 bits per heavy atom. The number of amides is 1. The van der Waals surface area contributed by atoms with E-state index in [0.717, 1.165) is 32.0 Å². The highest BCUT2D eigenvalue weighted by molar-refractivity contribution is 7.21. The summed E-state index contributed by atoms with van der Waals surface area (Å²) >= 11 is 1.64. The molecule has 5 nitrogen and oxygen atoms in total. The Kier molecular flexibility index (Phi) is 4.27. The lowest BCUT2D eigenvalue weighted by molar-refractivity contribution is -0.119. The molecule has 1 atom stereocenters. The molecule has 1 heterocycles. The zero-order valence-corrected chi connectivity index (χ0v) is 13.4. The fourth-order valence-electron chi connectivity index (χ4n) is 2.35. The lowest BCUT2D eigenvalue weighted by Crippen LogP contribution is -2.38. The number of thiazole rings is 1. The maximum atomic E-state index is 11.2. The molecule has 1 aromatic heterocycles. The van der Waals surface area contributed by atoms with Gasteiger partial charge in [0.25, 0.3) is 0 Å². The van der Waals surface area contributed by atoms with Crippen LogP contribution in [0.25, 0.3) is 20.8 Å². The molecule has 1 amide bonds. The fraction of sp³-hybridized carbons (Fsp3) is 0.176. The normalized spacial score (nSPS) is 12.3. The number of rotatable bonds is 5. The Balaban J connectivity index is 1.90. The van der Waals surface area contributed by atoms with E-state index in [9.17, 15) is 9.90 Å². The molecule has 2 aromatic carbocycles. The molecule has 0 bridgehead atoms. The standard InChI is InChI=1S/C17H17N3O2S/c1-10-8-11(6-7-12(10)19-14(9-21)16(18)22)17-20-13-4-2-3-5-15(13)23-17/h2-8,14,19,21H,9H2,1H3,(H2,18,22). The fourth-order valence-corrected chi connectivity index (χ4v) is 3.31. The van der Waals surface area contributed by atoms with Crippen molar-refractivity contribution in [3.63, 3.8) is 0 Å². The average molecular weight is 327 g/mol. The van der Waals surface area contributed by atoms with Crippen LogP contribution in [-0.4, -0.2) is 28.6 Å². The molecular weight excluding hydrogens is 310 g/mol. The van der Waals surface area contributed by atoms with Gasteiger partial charge in [0, 0.05) is 11.3 Å². The van der Waals surface area contributed by atoms with Crippen LogP contribution in [0.2, 0.25) is 0 Å². The Labute approximate surface area is 137 Å². The average Bonchev–Trinajstić information content (AvgIpc) is 2.97. The molecule has 4 N–H and O–H groups in total. The Morgan fingerprint density at radius 3 is 2.78 bits per heavy atom. The molecule has 23 heavy (non-hydrogen) atoms. The van der Waals surface area contributed by atoms with Gasteiger partial charge in [0.15, 0.2) is 0 Å². The molecule has 0 radical (unpaired) electrons. The minimum absolute atomic E-state index is 0.339. The summed E-state index contributed by atoms with van der Waals surface area (Å²) in [6, 6.07) is 13.1. The number of fused-ring (bicyclic) bond motifs is 1. The van der Waals surface area contributed by atoms with E-state index in [2.05, 4.69) is 16.4 Å². The maximum Gasteiger partial charge on any atom is 0.242 e. The lowest BCUT2D eigenvalue weighted by Gasteiger charge is -2.16. The predicted octanol–water partition coefficient (Wildman–Crippen LogP) is 2.53. The smallest absolute Gasteiger partial charge is 0.242 e. The second-order valence-electron chi connectivity index (χ2n) is 5.30. The number of para-hydroxylation sites is 1. The number of hydrogen-bond acceptors (Lipinski definition) is 5. The number of nitrogens with one attached hydrogen (secondary N) is 1. The van der Waals surface area contributed by atoms with E-state index in [-0.39, 0.29) is 6.61 Å². The van der Waals surface area contributed by atoms with E-state index in [4.69, 9.17) is 5.73 Å². The summed E-state index contributed by atoms with van der Waals surface area (Å²) in [5, 5.41) is 13.1. The third kappa shape index (κ3) is 3.18.